The number of rotatable bonds is 30. The second kappa shape index (κ2) is 27.3. The summed E-state index contributed by atoms with van der Waals surface area (Å²) in [6.07, 6.45) is 21.1. The molecule has 0 aliphatic heterocycles. The molecule has 0 N–H and O–H groups in total. The van der Waals surface area contributed by atoms with Crippen molar-refractivity contribution in [2.75, 3.05) is 13.2 Å². The number of carbonyl (C=O) groups is 2. The van der Waals surface area contributed by atoms with Crippen LogP contribution in [0.25, 0.3) is 80.7 Å². The third-order valence-corrected chi connectivity index (χ3v) is 25.2. The number of ether oxygens (including phenoxy) is 2. The smallest absolute Gasteiger partial charge is 0.348 e. The maximum atomic E-state index is 13.7. The zero-order valence-corrected chi connectivity index (χ0v) is 52.7. The number of unbranched alkanes of at least 4 members (excludes halogenated alkanes) is 4. The van der Waals surface area contributed by atoms with Crippen LogP contribution >= 0.6 is 90.7 Å². The van der Waals surface area contributed by atoms with Crippen molar-refractivity contribution in [3.8, 4) is 40.4 Å². The van der Waals surface area contributed by atoms with Crippen molar-refractivity contribution in [2.45, 2.75) is 171 Å². The summed E-state index contributed by atoms with van der Waals surface area (Å²) in [5.74, 6) is 1.78. The molecule has 1 aromatic carbocycles. The van der Waals surface area contributed by atoms with Crippen LogP contribution in [0.5, 0.6) is 0 Å². The average Bonchev–Trinajstić information content (AvgIpc) is 4.38. The normalized spacial score (nSPS) is 13.7. The first-order valence-electron chi connectivity index (χ1n) is 28.7. The van der Waals surface area contributed by atoms with Crippen LogP contribution in [0, 0.1) is 23.7 Å². The highest BCUT2D eigenvalue weighted by Crippen LogP contribution is 2.56. The lowest BCUT2D eigenvalue weighted by atomic mass is 9.95. The quantitative estimate of drug-likeness (QED) is 0.0421. The third-order valence-electron chi connectivity index (χ3n) is 15.7. The average molecular weight is 1170 g/mol. The monoisotopic (exact) mass is 1170 g/mol. The second-order valence-corrected chi connectivity index (χ2v) is 29.5. The molecule has 0 radical (unpaired) electrons. The number of esters is 2. The summed E-state index contributed by atoms with van der Waals surface area (Å²) in [6.45, 7) is 19.1. The molecule has 0 bridgehead atoms. The lowest BCUT2D eigenvalue weighted by molar-refractivity contribution is 0.0425. The number of hydrogen-bond acceptors (Lipinski definition) is 12. The fraction of sp³-hybridized carbons (Fsp3) is 0.500. The molecule has 0 saturated carbocycles. The molecule has 9 rings (SSSR count). The van der Waals surface area contributed by atoms with Crippen LogP contribution in [-0.2, 0) is 22.3 Å². The van der Waals surface area contributed by atoms with Gasteiger partial charge in [0.15, 0.2) is 0 Å². The van der Waals surface area contributed by atoms with Crippen LogP contribution in [0.1, 0.15) is 187 Å². The lowest BCUT2D eigenvalue weighted by Crippen LogP contribution is -2.13. The predicted molar refractivity (Wildman–Crippen MR) is 342 cm³/mol. The van der Waals surface area contributed by atoms with E-state index in [1.54, 1.807) is 45.3 Å². The van der Waals surface area contributed by atoms with Gasteiger partial charge in [-0.3, -0.25) is 0 Å². The number of benzene rings is 1. The Morgan fingerprint density at radius 2 is 0.816 bits per heavy atom. The summed E-state index contributed by atoms with van der Waals surface area (Å²) in [5, 5.41) is 9.33. The summed E-state index contributed by atoms with van der Waals surface area (Å²) in [6, 6.07) is 18.8. The van der Waals surface area contributed by atoms with Crippen LogP contribution < -0.4 is 0 Å². The van der Waals surface area contributed by atoms with Crippen LogP contribution in [0.15, 0.2) is 59.3 Å². The molecule has 0 saturated heterocycles. The molecule has 4 atom stereocenters. The number of thiophene rings is 8. The molecule has 12 heteroatoms. The SMILES string of the molecule is CCCCC(CC)COC(=O)c1cc2csc(-c3cc4c(-c5ccc(CC(CC)CCCC)s5)c5sc(-c6scc7cc(C(=O)OCC(CC)CCCC)sc67)cc5c(-c5ccc(CC(CC)CCCC)s5)c4s3)c2s1. The summed E-state index contributed by atoms with van der Waals surface area (Å²) in [4.78, 5) is 39.3. The molecule has 4 nitrogen and oxygen atoms in total. The van der Waals surface area contributed by atoms with Crippen LogP contribution in [-0.4, -0.2) is 25.2 Å². The van der Waals surface area contributed by atoms with Gasteiger partial charge in [-0.1, -0.05) is 145 Å². The third kappa shape index (κ3) is 13.0. The first-order chi connectivity index (χ1) is 37.1. The molecule has 9 aromatic rings. The minimum absolute atomic E-state index is 0.198. The summed E-state index contributed by atoms with van der Waals surface area (Å²) >= 11 is 14.6. The Balaban J connectivity index is 1.19. The lowest BCUT2D eigenvalue weighted by Gasteiger charge is -2.14. The Labute approximate surface area is 484 Å². The van der Waals surface area contributed by atoms with Crippen molar-refractivity contribution < 1.29 is 19.1 Å². The Hall–Kier alpha value is -3.20. The molecule has 76 heavy (non-hydrogen) atoms. The Kier molecular flexibility index (Phi) is 20.7. The van der Waals surface area contributed by atoms with E-state index in [4.69, 9.17) is 9.47 Å². The van der Waals surface area contributed by atoms with Crippen LogP contribution in [0.3, 0.4) is 0 Å². The van der Waals surface area contributed by atoms with Gasteiger partial charge in [0.1, 0.15) is 9.75 Å². The minimum Gasteiger partial charge on any atom is -0.461 e. The van der Waals surface area contributed by atoms with Crippen molar-refractivity contribution in [2.24, 2.45) is 23.7 Å². The van der Waals surface area contributed by atoms with E-state index < -0.39 is 0 Å². The second-order valence-electron chi connectivity index (χ2n) is 21.2. The largest absolute Gasteiger partial charge is 0.461 e. The number of hydrogen-bond donors (Lipinski definition) is 0. The van der Waals surface area contributed by atoms with Gasteiger partial charge in [0, 0.05) is 82.1 Å². The first-order valence-corrected chi connectivity index (χ1v) is 35.4. The molecule has 8 heterocycles. The van der Waals surface area contributed by atoms with Gasteiger partial charge in [0.05, 0.1) is 32.4 Å². The molecule has 4 unspecified atom stereocenters. The van der Waals surface area contributed by atoms with Gasteiger partial charge < -0.3 is 9.47 Å². The molecule has 8 aromatic heterocycles. The van der Waals surface area contributed by atoms with E-state index in [-0.39, 0.29) is 11.9 Å². The van der Waals surface area contributed by atoms with Crippen molar-refractivity contribution in [1.29, 1.82) is 0 Å². The fourth-order valence-corrected chi connectivity index (χ4v) is 20.6. The Bertz CT molecular complexity index is 3050. The summed E-state index contributed by atoms with van der Waals surface area (Å²) in [5.41, 5.74) is 2.67. The van der Waals surface area contributed by atoms with E-state index >= 15 is 0 Å². The van der Waals surface area contributed by atoms with Gasteiger partial charge in [0.2, 0.25) is 0 Å². The maximum absolute atomic E-state index is 13.7. The fourth-order valence-electron chi connectivity index (χ4n) is 10.7. The van der Waals surface area contributed by atoms with Gasteiger partial charge in [-0.15, -0.1) is 90.7 Å². The summed E-state index contributed by atoms with van der Waals surface area (Å²) in [7, 11) is 0. The highest BCUT2D eigenvalue weighted by Gasteiger charge is 2.28. The number of carbonyl (C=O) groups excluding carboxylic acids is 2. The van der Waals surface area contributed by atoms with Crippen molar-refractivity contribution >= 4 is 143 Å². The standard InChI is InChI=1S/C64H78O4S8/c1-9-17-21-39(13-5)29-45-25-27-49(71-45)55-47-33-51(61-57-43(37-69-61)31-53(75-57)63(65)67-35-41(15-7)23-19-11-3)74-60(47)56(50-28-26-46(72-50)30-40(14-6)22-18-10-2)48-34-52(73-59(48)55)62-58-44(38-70-62)32-54(76-58)64(66)68-36-42(16-8)24-20-12-4/h25-28,31-34,37-42H,9-24,29-30,35-36H2,1-8H3. The molecule has 0 fully saturated rings. The van der Waals surface area contributed by atoms with E-state index in [1.807, 2.05) is 45.3 Å². The zero-order chi connectivity index (χ0) is 53.3. The highest BCUT2D eigenvalue weighted by atomic mass is 32.1. The molecular weight excluding hydrogens is 1090 g/mol. The van der Waals surface area contributed by atoms with Gasteiger partial charge in [0.25, 0.3) is 0 Å². The highest BCUT2D eigenvalue weighted by molar-refractivity contribution is 7.32. The maximum Gasteiger partial charge on any atom is 0.348 e. The van der Waals surface area contributed by atoms with Crippen molar-refractivity contribution in [1.82, 2.24) is 0 Å². The predicted octanol–water partition coefficient (Wildman–Crippen LogP) is 23.7. The molecule has 0 spiro atoms. The Morgan fingerprint density at radius 3 is 1.18 bits per heavy atom. The van der Waals surface area contributed by atoms with E-state index in [1.165, 1.54) is 131 Å². The van der Waals surface area contributed by atoms with Gasteiger partial charge in [-0.25, -0.2) is 9.59 Å². The van der Waals surface area contributed by atoms with Crippen molar-refractivity contribution in [3.05, 3.63) is 78.8 Å². The summed E-state index contributed by atoms with van der Waals surface area (Å²) < 4.78 is 17.0. The molecular formula is C64H78O4S8. The molecule has 406 valence electrons. The Morgan fingerprint density at radius 1 is 0.434 bits per heavy atom. The van der Waals surface area contributed by atoms with Crippen molar-refractivity contribution in [3.63, 3.8) is 0 Å². The molecule has 0 amide bonds. The van der Waals surface area contributed by atoms with Crippen LogP contribution in [0.2, 0.25) is 0 Å². The van der Waals surface area contributed by atoms with E-state index in [2.05, 4.69) is 115 Å². The molecule has 0 aliphatic rings. The van der Waals surface area contributed by atoms with E-state index in [9.17, 15) is 9.59 Å². The zero-order valence-electron chi connectivity index (χ0n) is 46.1. The van der Waals surface area contributed by atoms with Gasteiger partial charge in [-0.2, -0.15) is 0 Å². The van der Waals surface area contributed by atoms with Gasteiger partial charge in [-0.05, 0) is 97.9 Å². The number of fused-ring (bicyclic) bond motifs is 4. The first kappa shape index (κ1) is 57.5. The van der Waals surface area contributed by atoms with Crippen LogP contribution in [0.4, 0.5) is 0 Å². The minimum atomic E-state index is -0.198. The van der Waals surface area contributed by atoms with Gasteiger partial charge >= 0.3 is 11.9 Å². The molecule has 0 aliphatic carbocycles. The topological polar surface area (TPSA) is 52.6 Å². The van der Waals surface area contributed by atoms with E-state index in [0.717, 1.165) is 75.0 Å². The van der Waals surface area contributed by atoms with E-state index in [0.29, 0.717) is 46.6 Å².